The lowest BCUT2D eigenvalue weighted by atomic mass is 10.1. The van der Waals surface area contributed by atoms with Crippen LogP contribution in [0.5, 0.6) is 11.5 Å². The molecule has 0 fully saturated rings. The molecule has 0 saturated carbocycles. The number of ether oxygens (including phenoxy) is 2. The van der Waals surface area contributed by atoms with E-state index in [2.05, 4.69) is 0 Å². The number of fused-ring (bicyclic) bond motifs is 1. The van der Waals surface area contributed by atoms with Crippen molar-refractivity contribution in [1.82, 2.24) is 0 Å². The van der Waals surface area contributed by atoms with Gasteiger partial charge in [-0.15, -0.1) is 11.3 Å². The van der Waals surface area contributed by atoms with Crippen LogP contribution in [0.2, 0.25) is 0 Å². The number of allylic oxidation sites excluding steroid dienone is 1. The Hall–Kier alpha value is -3.25. The summed E-state index contributed by atoms with van der Waals surface area (Å²) in [5.74, 6) is -0.118. The standard InChI is InChI=1S/C22H15FO4S/c1-13-18(26-20(24)12-16-3-2-10-28-16)9-8-17-21(25)19(27-22(13)17)11-14-4-6-15(23)7-5-14/h2-11H,12H2,1H3/b19-11-. The van der Waals surface area contributed by atoms with E-state index < -0.39 is 0 Å². The number of carbonyl (C=O) groups is 2. The molecule has 3 aromatic rings. The van der Waals surface area contributed by atoms with E-state index in [4.69, 9.17) is 9.47 Å². The first-order valence-electron chi connectivity index (χ1n) is 8.58. The van der Waals surface area contributed by atoms with Crippen molar-refractivity contribution >= 4 is 29.2 Å². The number of halogens is 1. The van der Waals surface area contributed by atoms with E-state index in [1.807, 2.05) is 17.5 Å². The van der Waals surface area contributed by atoms with E-state index in [1.165, 1.54) is 23.5 Å². The van der Waals surface area contributed by atoms with E-state index in [-0.39, 0.29) is 29.7 Å². The summed E-state index contributed by atoms with van der Waals surface area (Å²) < 4.78 is 24.3. The fraction of sp³-hybridized carbons (Fsp3) is 0.0909. The van der Waals surface area contributed by atoms with Gasteiger partial charge in [0.05, 0.1) is 12.0 Å². The first kappa shape index (κ1) is 18.1. The van der Waals surface area contributed by atoms with Gasteiger partial charge in [0.2, 0.25) is 5.78 Å². The van der Waals surface area contributed by atoms with Crippen LogP contribution < -0.4 is 9.47 Å². The molecule has 4 nitrogen and oxygen atoms in total. The van der Waals surface area contributed by atoms with Gasteiger partial charge < -0.3 is 9.47 Å². The minimum Gasteiger partial charge on any atom is -0.452 e. The molecule has 1 aliphatic rings. The van der Waals surface area contributed by atoms with E-state index in [9.17, 15) is 14.0 Å². The highest BCUT2D eigenvalue weighted by atomic mass is 32.1. The average molecular weight is 394 g/mol. The third kappa shape index (κ3) is 3.59. The van der Waals surface area contributed by atoms with Crippen molar-refractivity contribution in [3.8, 4) is 11.5 Å². The zero-order valence-corrected chi connectivity index (χ0v) is 15.7. The van der Waals surface area contributed by atoms with Crippen molar-refractivity contribution in [3.63, 3.8) is 0 Å². The fourth-order valence-electron chi connectivity index (χ4n) is 2.90. The maximum absolute atomic E-state index is 13.1. The Morgan fingerprint density at radius 1 is 1.18 bits per heavy atom. The Kier molecular flexibility index (Phi) is 4.79. The van der Waals surface area contributed by atoms with Gasteiger partial charge in [-0.3, -0.25) is 9.59 Å². The molecule has 0 atom stereocenters. The van der Waals surface area contributed by atoms with Gasteiger partial charge >= 0.3 is 5.97 Å². The fourth-order valence-corrected chi connectivity index (χ4v) is 3.59. The molecule has 2 aromatic carbocycles. The number of hydrogen-bond donors (Lipinski definition) is 0. The van der Waals surface area contributed by atoms with Crippen molar-refractivity contribution in [2.75, 3.05) is 0 Å². The van der Waals surface area contributed by atoms with Crippen molar-refractivity contribution < 1.29 is 23.5 Å². The zero-order chi connectivity index (χ0) is 19.7. The van der Waals surface area contributed by atoms with Gasteiger partial charge in [0.1, 0.15) is 17.3 Å². The molecule has 0 spiro atoms. The minimum atomic E-state index is -0.378. The minimum absolute atomic E-state index is 0.145. The number of thiophene rings is 1. The van der Waals surface area contributed by atoms with Crippen LogP contribution in [0.15, 0.2) is 59.7 Å². The monoisotopic (exact) mass is 394 g/mol. The molecule has 1 aromatic heterocycles. The lowest BCUT2D eigenvalue weighted by molar-refractivity contribution is -0.133. The molecule has 28 heavy (non-hydrogen) atoms. The van der Waals surface area contributed by atoms with Gasteiger partial charge in [-0.1, -0.05) is 18.2 Å². The van der Waals surface area contributed by atoms with Crippen LogP contribution in [0.4, 0.5) is 4.39 Å². The lowest BCUT2D eigenvalue weighted by Gasteiger charge is -2.09. The number of hydrogen-bond acceptors (Lipinski definition) is 5. The number of Topliss-reactive ketones (excluding diaryl/α,β-unsaturated/α-hetero) is 1. The summed E-state index contributed by atoms with van der Waals surface area (Å²) >= 11 is 1.49. The molecule has 0 saturated heterocycles. The van der Waals surface area contributed by atoms with E-state index in [0.717, 1.165) is 4.88 Å². The molecular weight excluding hydrogens is 379 g/mol. The Morgan fingerprint density at radius 2 is 1.96 bits per heavy atom. The Bertz CT molecular complexity index is 1080. The van der Waals surface area contributed by atoms with Gasteiger partial charge in [0.15, 0.2) is 5.76 Å². The second-order valence-corrected chi connectivity index (χ2v) is 7.32. The highest BCUT2D eigenvalue weighted by Gasteiger charge is 2.30. The molecule has 0 aliphatic carbocycles. The Balaban J connectivity index is 1.56. The number of esters is 1. The summed E-state index contributed by atoms with van der Waals surface area (Å²) in [6.07, 6.45) is 1.74. The van der Waals surface area contributed by atoms with Crippen LogP contribution in [0, 0.1) is 12.7 Å². The highest BCUT2D eigenvalue weighted by Crippen LogP contribution is 2.39. The highest BCUT2D eigenvalue weighted by molar-refractivity contribution is 7.10. The van der Waals surface area contributed by atoms with Gasteiger partial charge in [-0.2, -0.15) is 0 Å². The van der Waals surface area contributed by atoms with Crippen LogP contribution in [0.25, 0.3) is 6.08 Å². The molecule has 0 amide bonds. The molecule has 0 unspecified atom stereocenters. The zero-order valence-electron chi connectivity index (χ0n) is 14.9. The molecule has 1 aliphatic heterocycles. The SMILES string of the molecule is Cc1c(OC(=O)Cc2cccs2)ccc2c1O/C(=C\c1ccc(F)cc1)C2=O. The molecule has 2 heterocycles. The maximum atomic E-state index is 13.1. The van der Waals surface area contributed by atoms with Crippen LogP contribution in [-0.2, 0) is 11.2 Å². The van der Waals surface area contributed by atoms with Crippen molar-refractivity contribution in [1.29, 1.82) is 0 Å². The molecule has 140 valence electrons. The summed E-state index contributed by atoms with van der Waals surface area (Å²) in [7, 11) is 0. The average Bonchev–Trinajstić information content (AvgIpc) is 3.28. The first-order valence-corrected chi connectivity index (χ1v) is 9.46. The van der Waals surface area contributed by atoms with Crippen molar-refractivity contribution in [2.45, 2.75) is 13.3 Å². The second-order valence-electron chi connectivity index (χ2n) is 6.29. The number of rotatable bonds is 4. The normalized spacial score (nSPS) is 14.1. The molecular formula is C22H15FO4S. The Morgan fingerprint density at radius 3 is 2.68 bits per heavy atom. The lowest BCUT2D eigenvalue weighted by Crippen LogP contribution is -2.11. The van der Waals surface area contributed by atoms with Gasteiger partial charge in [-0.05, 0) is 54.3 Å². The molecule has 0 N–H and O–H groups in total. The van der Waals surface area contributed by atoms with Crippen molar-refractivity contribution in [2.24, 2.45) is 0 Å². The largest absolute Gasteiger partial charge is 0.452 e. The van der Waals surface area contributed by atoms with Crippen molar-refractivity contribution in [3.05, 3.63) is 87.1 Å². The van der Waals surface area contributed by atoms with Crippen LogP contribution in [0.1, 0.15) is 26.4 Å². The summed E-state index contributed by atoms with van der Waals surface area (Å²) in [4.78, 5) is 25.7. The smallest absolute Gasteiger partial charge is 0.316 e. The maximum Gasteiger partial charge on any atom is 0.316 e. The third-order valence-electron chi connectivity index (χ3n) is 4.33. The first-order chi connectivity index (χ1) is 13.5. The number of benzene rings is 2. The predicted molar refractivity (Wildman–Crippen MR) is 104 cm³/mol. The van der Waals surface area contributed by atoms with Gasteiger partial charge in [-0.25, -0.2) is 4.39 Å². The molecule has 6 heteroatoms. The number of carbonyl (C=O) groups excluding carboxylic acids is 2. The summed E-state index contributed by atoms with van der Waals surface area (Å²) in [6, 6.07) is 12.7. The predicted octanol–water partition coefficient (Wildman–Crippen LogP) is 4.96. The van der Waals surface area contributed by atoms with E-state index >= 15 is 0 Å². The quantitative estimate of drug-likeness (QED) is 0.357. The van der Waals surface area contributed by atoms with E-state index in [1.54, 1.807) is 37.3 Å². The second kappa shape index (κ2) is 7.40. The Labute approximate surface area is 164 Å². The topological polar surface area (TPSA) is 52.6 Å². The van der Waals surface area contributed by atoms with Crippen LogP contribution >= 0.6 is 11.3 Å². The van der Waals surface area contributed by atoms with Gasteiger partial charge in [0.25, 0.3) is 0 Å². The van der Waals surface area contributed by atoms with E-state index in [0.29, 0.717) is 28.2 Å². The van der Waals surface area contributed by atoms with Crippen LogP contribution in [-0.4, -0.2) is 11.8 Å². The third-order valence-corrected chi connectivity index (χ3v) is 5.20. The number of ketones is 1. The molecule has 4 rings (SSSR count). The summed E-state index contributed by atoms with van der Waals surface area (Å²) in [6.45, 7) is 1.74. The molecule has 0 bridgehead atoms. The van der Waals surface area contributed by atoms with Gasteiger partial charge in [0, 0.05) is 10.4 Å². The summed E-state index contributed by atoms with van der Waals surface area (Å²) in [5.41, 5.74) is 1.63. The van der Waals surface area contributed by atoms with Crippen LogP contribution in [0.3, 0.4) is 0 Å². The molecule has 0 radical (unpaired) electrons. The summed E-state index contributed by atoms with van der Waals surface area (Å²) in [5, 5.41) is 1.90.